The van der Waals surface area contributed by atoms with Gasteiger partial charge >= 0.3 is 0 Å². The van der Waals surface area contributed by atoms with Crippen molar-refractivity contribution in [2.75, 3.05) is 0 Å². The highest BCUT2D eigenvalue weighted by atomic mass is 35.5. The van der Waals surface area contributed by atoms with E-state index in [-0.39, 0.29) is 6.04 Å². The van der Waals surface area contributed by atoms with E-state index in [1.54, 1.807) is 18.2 Å². The maximum Gasteiger partial charge on any atom is 0.215 e. The van der Waals surface area contributed by atoms with Crippen LogP contribution in [0.4, 0.5) is 0 Å². The van der Waals surface area contributed by atoms with Crippen molar-refractivity contribution < 1.29 is 0 Å². The number of rotatable bonds is 1. The average molecular weight is 312 g/mol. The van der Waals surface area contributed by atoms with Crippen molar-refractivity contribution in [2.45, 2.75) is 6.04 Å². The van der Waals surface area contributed by atoms with Crippen molar-refractivity contribution >= 4 is 34.8 Å². The summed E-state index contributed by atoms with van der Waals surface area (Å²) in [7, 11) is 0. The molecule has 3 nitrogen and oxygen atoms in total. The van der Waals surface area contributed by atoms with Crippen molar-refractivity contribution in [3.8, 4) is 11.1 Å². The molecular formula is C13H7Cl3N3+. The molecule has 94 valence electrons. The molecule has 6 heteroatoms. The van der Waals surface area contributed by atoms with Gasteiger partial charge in [-0.3, -0.25) is 0 Å². The molecule has 2 aromatic carbocycles. The van der Waals surface area contributed by atoms with E-state index in [0.29, 0.717) is 15.1 Å². The predicted molar refractivity (Wildman–Crippen MR) is 76.0 cm³/mol. The molecule has 19 heavy (non-hydrogen) atoms. The van der Waals surface area contributed by atoms with E-state index >= 15 is 0 Å². The Kier molecular flexibility index (Phi) is 3.08. The van der Waals surface area contributed by atoms with Crippen LogP contribution in [0.15, 0.2) is 35.4 Å². The lowest BCUT2D eigenvalue weighted by Crippen LogP contribution is -1.92. The molecule has 0 amide bonds. The molecule has 1 aliphatic carbocycles. The second-order valence-electron chi connectivity index (χ2n) is 4.20. The smallest absolute Gasteiger partial charge is 0.0843 e. The van der Waals surface area contributed by atoms with Gasteiger partial charge in [0.05, 0.1) is 5.02 Å². The van der Waals surface area contributed by atoms with E-state index in [9.17, 15) is 0 Å². The van der Waals surface area contributed by atoms with Crippen LogP contribution >= 0.6 is 34.8 Å². The van der Waals surface area contributed by atoms with Gasteiger partial charge in [-0.15, -0.1) is 0 Å². The monoisotopic (exact) mass is 310 g/mol. The molecule has 0 spiro atoms. The fourth-order valence-corrected chi connectivity index (χ4v) is 3.22. The summed E-state index contributed by atoms with van der Waals surface area (Å²) in [5, 5.41) is 5.65. The van der Waals surface area contributed by atoms with Crippen molar-refractivity contribution in [1.29, 1.82) is 5.53 Å². The lowest BCUT2D eigenvalue weighted by atomic mass is 10.1. The third kappa shape index (κ3) is 1.96. The van der Waals surface area contributed by atoms with Gasteiger partial charge in [-0.2, -0.15) is 0 Å². The summed E-state index contributed by atoms with van der Waals surface area (Å²) in [5.41, 5.74) is 10.6. The second kappa shape index (κ2) is 4.62. The number of nitrogens with zero attached hydrogens (tertiary/aromatic N) is 2. The zero-order valence-corrected chi connectivity index (χ0v) is 11.8. The molecule has 0 bridgehead atoms. The van der Waals surface area contributed by atoms with Crippen molar-refractivity contribution in [3.63, 3.8) is 0 Å². The van der Waals surface area contributed by atoms with E-state index in [0.717, 1.165) is 22.3 Å². The zero-order chi connectivity index (χ0) is 13.6. The normalized spacial score (nSPS) is 15.6. The van der Waals surface area contributed by atoms with Crippen LogP contribution in [0.1, 0.15) is 17.2 Å². The van der Waals surface area contributed by atoms with E-state index in [4.69, 9.17) is 40.3 Å². The number of fused-ring (bicyclic) bond motifs is 3. The summed E-state index contributed by atoms with van der Waals surface area (Å²) in [6.07, 6.45) is 0. The van der Waals surface area contributed by atoms with Crippen LogP contribution < -0.4 is 4.91 Å². The SMILES string of the molecule is N=[N+]=NC1c2cc(Cl)ccc2-c2c(Cl)cc(Cl)cc21. The second-order valence-corrected chi connectivity index (χ2v) is 5.48. The van der Waals surface area contributed by atoms with Gasteiger partial charge in [0, 0.05) is 15.6 Å². The highest BCUT2D eigenvalue weighted by Gasteiger charge is 2.34. The molecule has 0 heterocycles. The van der Waals surface area contributed by atoms with Crippen molar-refractivity contribution in [1.82, 2.24) is 4.91 Å². The summed E-state index contributed by atoms with van der Waals surface area (Å²) in [6, 6.07) is 8.64. The van der Waals surface area contributed by atoms with Gasteiger partial charge in [0.2, 0.25) is 4.91 Å². The first kappa shape index (κ1) is 12.6. The first-order chi connectivity index (χ1) is 9.11. The van der Waals surface area contributed by atoms with E-state index in [2.05, 4.69) is 10.0 Å². The first-order valence-corrected chi connectivity index (χ1v) is 6.60. The fourth-order valence-electron chi connectivity index (χ4n) is 2.43. The molecule has 0 saturated carbocycles. The Balaban J connectivity index is 2.38. The van der Waals surface area contributed by atoms with Gasteiger partial charge in [0.15, 0.2) is 6.04 Å². The van der Waals surface area contributed by atoms with E-state index < -0.39 is 0 Å². The summed E-state index contributed by atoms with van der Waals surface area (Å²) >= 11 is 18.3. The third-order valence-electron chi connectivity index (χ3n) is 3.13. The van der Waals surface area contributed by atoms with Gasteiger partial charge < -0.3 is 0 Å². The summed E-state index contributed by atoms with van der Waals surface area (Å²) in [4.78, 5) is 3.15. The highest BCUT2D eigenvalue weighted by molar-refractivity contribution is 6.37. The van der Waals surface area contributed by atoms with Gasteiger partial charge in [0.25, 0.3) is 0 Å². The standard InChI is InChI=1S/C13H7Cl3N3/c14-6-1-2-8-9(3-6)13(18-19-17)10-4-7(15)5-11(16)12(8)10/h1-5,13,17H/q+1. The van der Waals surface area contributed by atoms with Crippen LogP contribution in [0.25, 0.3) is 11.1 Å². The number of hydrogen-bond acceptors (Lipinski definition) is 2. The van der Waals surface area contributed by atoms with Gasteiger partial charge in [-0.25, -0.2) is 0 Å². The highest BCUT2D eigenvalue weighted by Crippen LogP contribution is 2.49. The third-order valence-corrected chi connectivity index (χ3v) is 3.88. The molecule has 0 saturated heterocycles. The van der Waals surface area contributed by atoms with Crippen LogP contribution in [-0.4, -0.2) is 0 Å². The number of nitrogens with one attached hydrogen (secondary N) is 1. The Morgan fingerprint density at radius 3 is 2.47 bits per heavy atom. The molecule has 0 aliphatic heterocycles. The Labute approximate surface area is 124 Å². The topological polar surface area (TPSA) is 50.3 Å². The molecular weight excluding hydrogens is 305 g/mol. The first-order valence-electron chi connectivity index (χ1n) is 5.47. The maximum atomic E-state index is 6.97. The molecule has 1 aliphatic rings. The van der Waals surface area contributed by atoms with Gasteiger partial charge in [0.1, 0.15) is 10.6 Å². The number of hydrogen-bond donors (Lipinski definition) is 1. The molecule has 1 N–H and O–H groups in total. The Hall–Kier alpha value is -1.38. The van der Waals surface area contributed by atoms with Gasteiger partial charge in [-0.05, 0) is 41.0 Å². The number of benzene rings is 2. The minimum Gasteiger partial charge on any atom is -0.0843 e. The van der Waals surface area contributed by atoms with Crippen LogP contribution in [0.3, 0.4) is 0 Å². The minimum atomic E-state index is -0.377. The average Bonchev–Trinajstić information content (AvgIpc) is 2.64. The Bertz CT molecular complexity index is 736. The Morgan fingerprint density at radius 1 is 1.00 bits per heavy atom. The molecule has 3 rings (SSSR count). The van der Waals surface area contributed by atoms with Crippen LogP contribution in [0.5, 0.6) is 0 Å². The minimum absolute atomic E-state index is 0.377. The van der Waals surface area contributed by atoms with Crippen LogP contribution in [0, 0.1) is 5.53 Å². The predicted octanol–water partition coefficient (Wildman–Crippen LogP) is 5.27. The Morgan fingerprint density at radius 2 is 1.74 bits per heavy atom. The molecule has 0 aromatic heterocycles. The summed E-state index contributed by atoms with van der Waals surface area (Å²) < 4.78 is 0. The van der Waals surface area contributed by atoms with Crippen LogP contribution in [-0.2, 0) is 0 Å². The lowest BCUT2D eigenvalue weighted by molar-refractivity contribution is 0.771. The molecule has 1 atom stereocenters. The fraction of sp³-hybridized carbons (Fsp3) is 0.0769. The molecule has 2 aromatic rings. The quantitative estimate of drug-likeness (QED) is 0.551. The van der Waals surface area contributed by atoms with Crippen molar-refractivity contribution in [3.05, 3.63) is 56.5 Å². The zero-order valence-electron chi connectivity index (χ0n) is 9.49. The van der Waals surface area contributed by atoms with Crippen molar-refractivity contribution in [2.24, 2.45) is 5.11 Å². The molecule has 1 unspecified atom stereocenters. The van der Waals surface area contributed by atoms with Gasteiger partial charge in [-0.1, -0.05) is 40.9 Å². The van der Waals surface area contributed by atoms with E-state index in [1.807, 2.05) is 12.1 Å². The molecule has 0 fully saturated rings. The molecule has 0 radical (unpaired) electrons. The number of halogens is 3. The summed E-state index contributed by atoms with van der Waals surface area (Å²) in [5.74, 6) is 0. The summed E-state index contributed by atoms with van der Waals surface area (Å²) in [6.45, 7) is 0. The lowest BCUT2D eigenvalue weighted by Gasteiger charge is -2.04. The van der Waals surface area contributed by atoms with Crippen LogP contribution in [0.2, 0.25) is 15.1 Å². The maximum absolute atomic E-state index is 6.97. The van der Waals surface area contributed by atoms with E-state index in [1.165, 1.54) is 0 Å². The largest absolute Gasteiger partial charge is 0.215 e.